The van der Waals surface area contributed by atoms with Gasteiger partial charge in [0.2, 0.25) is 0 Å². The lowest BCUT2D eigenvalue weighted by Crippen LogP contribution is -2.05. The van der Waals surface area contributed by atoms with Crippen LogP contribution in [0.4, 0.5) is 0 Å². The zero-order valence-electron chi connectivity index (χ0n) is 11.6. The van der Waals surface area contributed by atoms with Gasteiger partial charge in [0.1, 0.15) is 23.7 Å². The van der Waals surface area contributed by atoms with E-state index in [9.17, 15) is 4.79 Å². The highest BCUT2D eigenvalue weighted by Crippen LogP contribution is 2.17. The van der Waals surface area contributed by atoms with Gasteiger partial charge in [0, 0.05) is 6.42 Å². The predicted octanol–water partition coefficient (Wildman–Crippen LogP) is 3.72. The minimum absolute atomic E-state index is 0.211. The third kappa shape index (κ3) is 3.60. The maximum Gasteiger partial charge on any atom is 0.342 e. The lowest BCUT2D eigenvalue weighted by atomic mass is 10.1. The number of furan rings is 1. The van der Waals surface area contributed by atoms with Crippen molar-refractivity contribution in [2.45, 2.75) is 19.8 Å². The molecule has 0 aliphatic heterocycles. The van der Waals surface area contributed by atoms with Crippen LogP contribution >= 0.6 is 0 Å². The highest BCUT2D eigenvalue weighted by atomic mass is 16.5. The molecule has 0 aliphatic rings. The van der Waals surface area contributed by atoms with E-state index in [1.807, 2.05) is 18.2 Å². The lowest BCUT2D eigenvalue weighted by Gasteiger charge is -1.98. The van der Waals surface area contributed by atoms with E-state index in [4.69, 9.17) is 9.15 Å². The zero-order chi connectivity index (χ0) is 14.4. The molecule has 0 aliphatic carbocycles. The Kier molecular flexibility index (Phi) is 4.77. The number of aryl methyl sites for hydroxylation is 3. The molecule has 0 N–H and O–H groups in total. The first kappa shape index (κ1) is 14.1. The molecule has 0 bridgehead atoms. The van der Waals surface area contributed by atoms with Gasteiger partial charge in [0.25, 0.3) is 0 Å². The zero-order valence-corrected chi connectivity index (χ0v) is 11.6. The van der Waals surface area contributed by atoms with Crippen LogP contribution in [0.2, 0.25) is 0 Å². The van der Waals surface area contributed by atoms with E-state index in [1.54, 1.807) is 19.1 Å². The molecule has 1 aromatic carbocycles. The minimum Gasteiger partial charge on any atom is -0.465 e. The SMILES string of the molecule is C=CCOC(=O)c1cc(CCc2ccccc2)oc1C. The van der Waals surface area contributed by atoms with Gasteiger partial charge in [-0.15, -0.1) is 0 Å². The van der Waals surface area contributed by atoms with Gasteiger partial charge < -0.3 is 9.15 Å². The normalized spacial score (nSPS) is 10.2. The number of carbonyl (C=O) groups is 1. The van der Waals surface area contributed by atoms with Crippen LogP contribution in [0.15, 0.2) is 53.5 Å². The quantitative estimate of drug-likeness (QED) is 0.593. The minimum atomic E-state index is -0.364. The first-order valence-corrected chi connectivity index (χ1v) is 6.62. The average Bonchev–Trinajstić information content (AvgIpc) is 2.85. The van der Waals surface area contributed by atoms with Crippen molar-refractivity contribution in [2.75, 3.05) is 6.61 Å². The van der Waals surface area contributed by atoms with Crippen LogP contribution in [-0.2, 0) is 17.6 Å². The Labute approximate surface area is 118 Å². The van der Waals surface area contributed by atoms with Crippen molar-refractivity contribution in [1.82, 2.24) is 0 Å². The van der Waals surface area contributed by atoms with Crippen molar-refractivity contribution in [3.63, 3.8) is 0 Å². The smallest absolute Gasteiger partial charge is 0.342 e. The van der Waals surface area contributed by atoms with E-state index in [2.05, 4.69) is 18.7 Å². The van der Waals surface area contributed by atoms with Crippen LogP contribution in [0.3, 0.4) is 0 Å². The van der Waals surface area contributed by atoms with E-state index in [-0.39, 0.29) is 12.6 Å². The Morgan fingerprint density at radius 1 is 1.30 bits per heavy atom. The van der Waals surface area contributed by atoms with E-state index >= 15 is 0 Å². The van der Waals surface area contributed by atoms with E-state index < -0.39 is 0 Å². The first-order chi connectivity index (χ1) is 9.70. The van der Waals surface area contributed by atoms with Gasteiger partial charge in [0.05, 0.1) is 0 Å². The third-order valence-electron chi connectivity index (χ3n) is 3.02. The molecule has 2 rings (SSSR count). The topological polar surface area (TPSA) is 39.4 Å². The molecule has 0 saturated carbocycles. The summed E-state index contributed by atoms with van der Waals surface area (Å²) < 4.78 is 10.6. The number of carbonyl (C=O) groups excluding carboxylic acids is 1. The highest BCUT2D eigenvalue weighted by Gasteiger charge is 2.15. The second kappa shape index (κ2) is 6.75. The maximum atomic E-state index is 11.8. The van der Waals surface area contributed by atoms with Gasteiger partial charge in [-0.05, 0) is 25.0 Å². The summed E-state index contributed by atoms with van der Waals surface area (Å²) in [5.41, 5.74) is 1.74. The first-order valence-electron chi connectivity index (χ1n) is 6.62. The Bertz CT molecular complexity index is 582. The van der Waals surface area contributed by atoms with Gasteiger partial charge in [-0.1, -0.05) is 43.0 Å². The molecule has 0 radical (unpaired) electrons. The van der Waals surface area contributed by atoms with Crippen molar-refractivity contribution in [3.8, 4) is 0 Å². The molecule has 3 heteroatoms. The van der Waals surface area contributed by atoms with Crippen LogP contribution in [0, 0.1) is 6.92 Å². The molecule has 1 aromatic heterocycles. The molecule has 1 heterocycles. The summed E-state index contributed by atoms with van der Waals surface area (Å²) in [7, 11) is 0. The summed E-state index contributed by atoms with van der Waals surface area (Å²) in [5, 5.41) is 0. The number of ether oxygens (including phenoxy) is 1. The molecule has 0 unspecified atom stereocenters. The molecule has 0 amide bonds. The summed E-state index contributed by atoms with van der Waals surface area (Å²) in [6.45, 7) is 5.50. The van der Waals surface area contributed by atoms with Crippen molar-refractivity contribution >= 4 is 5.97 Å². The second-order valence-electron chi connectivity index (χ2n) is 4.56. The third-order valence-corrected chi connectivity index (χ3v) is 3.02. The van der Waals surface area contributed by atoms with E-state index in [0.717, 1.165) is 18.6 Å². The van der Waals surface area contributed by atoms with Gasteiger partial charge in [-0.25, -0.2) is 4.79 Å². The maximum absolute atomic E-state index is 11.8. The number of hydrogen-bond donors (Lipinski definition) is 0. The van der Waals surface area contributed by atoms with Gasteiger partial charge >= 0.3 is 5.97 Å². The molecule has 0 saturated heterocycles. The van der Waals surface area contributed by atoms with Crippen molar-refractivity contribution in [3.05, 3.63) is 71.7 Å². The molecular weight excluding hydrogens is 252 g/mol. The van der Waals surface area contributed by atoms with Crippen LogP contribution in [-0.4, -0.2) is 12.6 Å². The lowest BCUT2D eigenvalue weighted by molar-refractivity contribution is 0.0548. The van der Waals surface area contributed by atoms with Crippen LogP contribution in [0.5, 0.6) is 0 Å². The van der Waals surface area contributed by atoms with Gasteiger partial charge in [0.15, 0.2) is 0 Å². The molecule has 0 spiro atoms. The Balaban J connectivity index is 2.00. The van der Waals surface area contributed by atoms with E-state index in [0.29, 0.717) is 11.3 Å². The van der Waals surface area contributed by atoms with E-state index in [1.165, 1.54) is 5.56 Å². The number of hydrogen-bond acceptors (Lipinski definition) is 3. The Morgan fingerprint density at radius 2 is 2.05 bits per heavy atom. The van der Waals surface area contributed by atoms with Crippen molar-refractivity contribution in [1.29, 1.82) is 0 Å². The molecular formula is C17H18O3. The van der Waals surface area contributed by atoms with Crippen molar-refractivity contribution in [2.24, 2.45) is 0 Å². The fraction of sp³-hybridized carbons (Fsp3) is 0.235. The Hall–Kier alpha value is -2.29. The fourth-order valence-electron chi connectivity index (χ4n) is 1.99. The van der Waals surface area contributed by atoms with Crippen LogP contribution < -0.4 is 0 Å². The van der Waals surface area contributed by atoms with Crippen LogP contribution in [0.1, 0.15) is 27.4 Å². The predicted molar refractivity (Wildman–Crippen MR) is 77.8 cm³/mol. The Morgan fingerprint density at radius 3 is 2.75 bits per heavy atom. The largest absolute Gasteiger partial charge is 0.465 e. The van der Waals surface area contributed by atoms with Gasteiger partial charge in [-0.2, -0.15) is 0 Å². The highest BCUT2D eigenvalue weighted by molar-refractivity contribution is 5.90. The molecule has 0 fully saturated rings. The van der Waals surface area contributed by atoms with Crippen molar-refractivity contribution < 1.29 is 13.9 Å². The monoisotopic (exact) mass is 270 g/mol. The molecule has 0 atom stereocenters. The summed E-state index contributed by atoms with van der Waals surface area (Å²) in [6.07, 6.45) is 3.19. The number of rotatable bonds is 6. The summed E-state index contributed by atoms with van der Waals surface area (Å²) in [6, 6.07) is 11.9. The molecule has 2 aromatic rings. The van der Waals surface area contributed by atoms with Gasteiger partial charge in [-0.3, -0.25) is 0 Å². The van der Waals surface area contributed by atoms with Crippen LogP contribution in [0.25, 0.3) is 0 Å². The summed E-state index contributed by atoms with van der Waals surface area (Å²) in [5.74, 6) is 1.04. The standard InChI is InChI=1S/C17H18O3/c1-3-11-19-17(18)16-12-15(20-13(16)2)10-9-14-7-5-4-6-8-14/h3-8,12H,1,9-11H2,2H3. The fourth-order valence-corrected chi connectivity index (χ4v) is 1.99. The molecule has 3 nitrogen and oxygen atoms in total. The molecule has 104 valence electrons. The number of esters is 1. The summed E-state index contributed by atoms with van der Waals surface area (Å²) in [4.78, 5) is 11.8. The summed E-state index contributed by atoms with van der Waals surface area (Å²) >= 11 is 0. The second-order valence-corrected chi connectivity index (χ2v) is 4.56. The average molecular weight is 270 g/mol. The number of benzene rings is 1. The molecule has 20 heavy (non-hydrogen) atoms.